The van der Waals surface area contributed by atoms with E-state index in [-0.39, 0.29) is 0 Å². The fourth-order valence-electron chi connectivity index (χ4n) is 5.04. The molecular formula is C10H26Ge2OSi2. The van der Waals surface area contributed by atoms with Gasteiger partial charge in [0.05, 0.1) is 0 Å². The van der Waals surface area contributed by atoms with E-state index in [0.717, 1.165) is 0 Å². The van der Waals surface area contributed by atoms with Crippen molar-refractivity contribution in [1.82, 2.24) is 0 Å². The average molecular weight is 364 g/mol. The number of hydrogen-bond acceptors (Lipinski definition) is 1. The monoisotopic (exact) mass is 366 g/mol. The fourth-order valence-corrected chi connectivity index (χ4v) is 91.2. The van der Waals surface area contributed by atoms with Gasteiger partial charge in [-0.05, 0) is 0 Å². The maximum atomic E-state index is 6.74. The summed E-state index contributed by atoms with van der Waals surface area (Å²) < 4.78 is 6.74. The van der Waals surface area contributed by atoms with E-state index in [1.54, 1.807) is 19.5 Å². The molecule has 0 aromatic heterocycles. The predicted molar refractivity (Wildman–Crippen MR) is 78.5 cm³/mol. The van der Waals surface area contributed by atoms with Crippen LogP contribution in [0.3, 0.4) is 0 Å². The molecule has 0 aliphatic carbocycles. The van der Waals surface area contributed by atoms with Crippen LogP contribution in [0.1, 0.15) is 0 Å². The first-order valence-corrected chi connectivity index (χ1v) is 26.2. The van der Waals surface area contributed by atoms with E-state index >= 15 is 0 Å². The average Bonchev–Trinajstić information content (AvgIpc) is 1.67. The Labute approximate surface area is 102 Å². The zero-order valence-electron chi connectivity index (χ0n) is 11.2. The molecule has 5 heteroatoms. The predicted octanol–water partition coefficient (Wildman–Crippen LogP) is 3.75. The van der Waals surface area contributed by atoms with E-state index in [9.17, 15) is 0 Å². The van der Waals surface area contributed by atoms with Crippen LogP contribution < -0.4 is 0 Å². The van der Waals surface area contributed by atoms with Crippen LogP contribution in [0.5, 0.6) is 0 Å². The SMILES string of the molecule is C[Si]12[CH2][Ge]([CH3])([CH3])[CH2][Si](C)([CH2][Ge]([CH3])([CH3])[CH2]1)O2. The second-order valence-corrected chi connectivity index (χ2v) is 43.1. The van der Waals surface area contributed by atoms with Gasteiger partial charge in [-0.1, -0.05) is 0 Å². The molecule has 0 atom stereocenters. The molecule has 0 aromatic carbocycles. The number of rotatable bonds is 0. The van der Waals surface area contributed by atoms with E-state index in [4.69, 9.17) is 4.12 Å². The van der Waals surface area contributed by atoms with Gasteiger partial charge in [0, 0.05) is 0 Å². The Morgan fingerprint density at radius 2 is 1.00 bits per heavy atom. The number of hydrogen-bond donors (Lipinski definition) is 0. The summed E-state index contributed by atoms with van der Waals surface area (Å²) in [5.74, 6) is 10.7. The van der Waals surface area contributed by atoms with Crippen molar-refractivity contribution in [2.75, 3.05) is 0 Å². The summed E-state index contributed by atoms with van der Waals surface area (Å²) in [5, 5.41) is 0. The van der Waals surface area contributed by atoms with Crippen LogP contribution >= 0.6 is 0 Å². The van der Waals surface area contributed by atoms with E-state index < -0.39 is 43.2 Å². The molecule has 88 valence electrons. The Kier molecular flexibility index (Phi) is 3.01. The van der Waals surface area contributed by atoms with Crippen molar-refractivity contribution < 1.29 is 4.12 Å². The molecule has 2 rings (SSSR count). The molecule has 0 aromatic rings. The molecule has 1 nitrogen and oxygen atoms in total. The molecule has 2 bridgehead atoms. The minimum absolute atomic E-state index is 1.20. The van der Waals surface area contributed by atoms with E-state index in [1.807, 2.05) is 0 Å². The standard InChI is InChI=1S/C10H26Ge2OSi2/c1-11(2)7-14(5)9-12(3,4)10-15(6,8-11)13-14/h7-10H2,1-6H3. The van der Waals surface area contributed by atoms with Gasteiger partial charge in [0.1, 0.15) is 0 Å². The van der Waals surface area contributed by atoms with E-state index in [1.165, 1.54) is 0 Å². The summed E-state index contributed by atoms with van der Waals surface area (Å²) in [5.41, 5.74) is 0. The van der Waals surface area contributed by atoms with Crippen molar-refractivity contribution in [3.8, 4) is 0 Å². The molecule has 2 aliphatic rings. The molecule has 2 saturated heterocycles. The first-order valence-electron chi connectivity index (χ1n) is 6.24. The topological polar surface area (TPSA) is 9.23 Å². The molecule has 0 N–H and O–H groups in total. The Hall–Kier alpha value is 1.48. The summed E-state index contributed by atoms with van der Waals surface area (Å²) >= 11 is -2.75. The maximum absolute atomic E-state index is 6.74. The van der Waals surface area contributed by atoms with Crippen LogP contribution in [0.25, 0.3) is 0 Å². The van der Waals surface area contributed by atoms with Crippen LogP contribution in [0.2, 0.25) is 55.6 Å². The van der Waals surface area contributed by atoms with Crippen molar-refractivity contribution in [2.45, 2.75) is 55.6 Å². The Morgan fingerprint density at radius 3 is 1.27 bits per heavy atom. The van der Waals surface area contributed by atoms with Crippen molar-refractivity contribution in [3.05, 3.63) is 0 Å². The molecule has 0 unspecified atom stereocenters. The fraction of sp³-hybridized carbons (Fsp3) is 1.00. The zero-order valence-corrected chi connectivity index (χ0v) is 17.4. The van der Waals surface area contributed by atoms with E-state index in [2.05, 4.69) is 36.1 Å². The molecule has 0 amide bonds. The Balaban J connectivity index is 2.33. The summed E-state index contributed by atoms with van der Waals surface area (Å²) in [6, 6.07) is 0. The first kappa shape index (κ1) is 12.9. The summed E-state index contributed by atoms with van der Waals surface area (Å²) in [7, 11) is -2.40. The molecule has 15 heavy (non-hydrogen) atoms. The van der Waals surface area contributed by atoms with Crippen molar-refractivity contribution in [1.29, 1.82) is 0 Å². The second kappa shape index (κ2) is 3.49. The van der Waals surface area contributed by atoms with Gasteiger partial charge < -0.3 is 0 Å². The Morgan fingerprint density at radius 1 is 0.733 bits per heavy atom. The van der Waals surface area contributed by atoms with Gasteiger partial charge in [0.25, 0.3) is 0 Å². The van der Waals surface area contributed by atoms with Crippen LogP contribution in [-0.2, 0) is 4.12 Å². The third-order valence-electron chi connectivity index (χ3n) is 3.90. The van der Waals surface area contributed by atoms with Gasteiger partial charge in [-0.15, -0.1) is 0 Å². The minimum atomic E-state index is -1.38. The van der Waals surface area contributed by atoms with Crippen molar-refractivity contribution >= 4 is 43.2 Å². The van der Waals surface area contributed by atoms with Crippen molar-refractivity contribution in [2.24, 2.45) is 0 Å². The van der Waals surface area contributed by atoms with Crippen LogP contribution in [-0.4, -0.2) is 43.2 Å². The molecule has 2 fully saturated rings. The van der Waals surface area contributed by atoms with Gasteiger partial charge >= 0.3 is 103 Å². The molecule has 0 radical (unpaired) electrons. The van der Waals surface area contributed by atoms with Crippen LogP contribution in [0.4, 0.5) is 0 Å². The van der Waals surface area contributed by atoms with Gasteiger partial charge in [-0.3, -0.25) is 0 Å². The zero-order chi connectivity index (χ0) is 11.5. The molecular weight excluding hydrogens is 338 g/mol. The Bertz CT molecular complexity index is 236. The van der Waals surface area contributed by atoms with Gasteiger partial charge in [-0.25, -0.2) is 0 Å². The third kappa shape index (κ3) is 2.84. The third-order valence-corrected chi connectivity index (χ3v) is 57.6. The normalized spacial score (nSPS) is 47.6. The van der Waals surface area contributed by atoms with E-state index in [0.29, 0.717) is 0 Å². The first-order chi connectivity index (χ1) is 6.54. The molecule has 0 spiro atoms. The van der Waals surface area contributed by atoms with Gasteiger partial charge in [0.15, 0.2) is 0 Å². The molecule has 2 aliphatic heterocycles. The summed E-state index contributed by atoms with van der Waals surface area (Å²) in [6.07, 6.45) is 0. The van der Waals surface area contributed by atoms with Gasteiger partial charge in [0.2, 0.25) is 0 Å². The number of fused-ring (bicyclic) bond motifs is 2. The van der Waals surface area contributed by atoms with Crippen LogP contribution in [0.15, 0.2) is 0 Å². The summed E-state index contributed by atoms with van der Waals surface area (Å²) in [6.45, 7) is 5.16. The summed E-state index contributed by atoms with van der Waals surface area (Å²) in [4.78, 5) is 6.46. The van der Waals surface area contributed by atoms with Gasteiger partial charge in [-0.2, -0.15) is 0 Å². The van der Waals surface area contributed by atoms with Crippen molar-refractivity contribution in [3.63, 3.8) is 0 Å². The second-order valence-electron chi connectivity index (χ2n) is 8.04. The quantitative estimate of drug-likeness (QED) is 0.596. The molecule has 0 saturated carbocycles. The molecule has 2 heterocycles. The van der Waals surface area contributed by atoms with Crippen LogP contribution in [0, 0.1) is 0 Å².